The Balaban J connectivity index is 1.86. The lowest BCUT2D eigenvalue weighted by atomic mass is 9.48. The predicted molar refractivity (Wildman–Crippen MR) is 87.4 cm³/mol. The Morgan fingerprint density at radius 3 is 2.88 bits per heavy atom. The molecule has 0 unspecified atom stereocenters. The number of ketones is 1. The number of likely N-dealkylation sites (tertiary alicyclic amines) is 1. The number of rotatable bonds is 1. The Bertz CT molecular complexity index is 773. The van der Waals surface area contributed by atoms with Crippen LogP contribution in [0.15, 0.2) is 12.1 Å². The zero-order valence-corrected chi connectivity index (χ0v) is 14.5. The molecular formula is C19H24NO4+. The van der Waals surface area contributed by atoms with Crippen molar-refractivity contribution in [2.24, 2.45) is 0 Å². The highest BCUT2D eigenvalue weighted by atomic mass is 16.5. The lowest BCUT2D eigenvalue weighted by Crippen LogP contribution is -2.79. The van der Waals surface area contributed by atoms with Crippen molar-refractivity contribution in [1.29, 1.82) is 0 Å². The minimum absolute atomic E-state index is 0.0947. The van der Waals surface area contributed by atoms with Gasteiger partial charge in [-0.25, -0.2) is 0 Å². The summed E-state index contributed by atoms with van der Waals surface area (Å²) in [6.07, 6.45) is 1.96. The molecule has 24 heavy (non-hydrogen) atoms. The molecule has 2 aliphatic carbocycles. The lowest BCUT2D eigenvalue weighted by molar-refractivity contribution is -0.931. The van der Waals surface area contributed by atoms with E-state index in [-0.39, 0.29) is 11.8 Å². The van der Waals surface area contributed by atoms with Gasteiger partial charge in [0, 0.05) is 24.8 Å². The fourth-order valence-electron chi connectivity index (χ4n) is 6.10. The molecule has 1 saturated heterocycles. The largest absolute Gasteiger partial charge is 0.493 e. The van der Waals surface area contributed by atoms with E-state index < -0.39 is 17.1 Å². The number of carbonyl (C=O) groups is 1. The minimum atomic E-state index is -0.891. The van der Waals surface area contributed by atoms with Crippen LogP contribution >= 0.6 is 0 Å². The number of aliphatic hydroxyl groups is 1. The average Bonchev–Trinajstić information content (AvgIpc) is 2.90. The topological polar surface area (TPSA) is 55.8 Å². The first-order valence-electron chi connectivity index (χ1n) is 8.80. The molecule has 2 fully saturated rings. The molecule has 4 atom stereocenters. The van der Waals surface area contributed by atoms with Crippen LogP contribution in [0, 0.1) is 0 Å². The molecule has 2 bridgehead atoms. The zero-order valence-electron chi connectivity index (χ0n) is 14.5. The maximum atomic E-state index is 12.7. The first-order valence-corrected chi connectivity index (χ1v) is 8.80. The predicted octanol–water partition coefficient (Wildman–Crippen LogP) is 1.19. The van der Waals surface area contributed by atoms with Gasteiger partial charge >= 0.3 is 0 Å². The SMILES string of the molecule is COc1ccc2c3c1O[C@H]1C(=O)CC[C@@]4(O)[C@@H](C2)[N+](C)(C)CC[C@]314. The lowest BCUT2D eigenvalue weighted by Gasteiger charge is -2.63. The highest BCUT2D eigenvalue weighted by Gasteiger charge is 2.75. The van der Waals surface area contributed by atoms with Crippen LogP contribution in [0.1, 0.15) is 30.4 Å². The normalized spacial score (nSPS) is 40.8. The number of ether oxygens (including phenoxy) is 2. The van der Waals surface area contributed by atoms with Crippen molar-refractivity contribution >= 4 is 5.78 Å². The fraction of sp³-hybridized carbons (Fsp3) is 0.632. The van der Waals surface area contributed by atoms with Gasteiger partial charge in [-0.3, -0.25) is 4.79 Å². The van der Waals surface area contributed by atoms with E-state index in [1.807, 2.05) is 6.07 Å². The second-order valence-electron chi connectivity index (χ2n) is 8.46. The summed E-state index contributed by atoms with van der Waals surface area (Å²) >= 11 is 0. The Hall–Kier alpha value is -1.59. The maximum Gasteiger partial charge on any atom is 0.174 e. The first kappa shape index (κ1) is 14.7. The van der Waals surface area contributed by atoms with E-state index in [1.54, 1.807) is 7.11 Å². The third-order valence-corrected chi connectivity index (χ3v) is 7.27. The van der Waals surface area contributed by atoms with Gasteiger partial charge in [0.15, 0.2) is 23.4 Å². The Morgan fingerprint density at radius 2 is 2.12 bits per heavy atom. The molecule has 5 nitrogen and oxygen atoms in total. The number of benzene rings is 1. The summed E-state index contributed by atoms with van der Waals surface area (Å²) < 4.78 is 12.5. The summed E-state index contributed by atoms with van der Waals surface area (Å²) in [7, 11) is 6.03. The van der Waals surface area contributed by atoms with Crippen LogP contribution < -0.4 is 9.47 Å². The fourth-order valence-corrected chi connectivity index (χ4v) is 6.10. The van der Waals surface area contributed by atoms with Gasteiger partial charge in [-0.05, 0) is 18.1 Å². The van der Waals surface area contributed by atoms with Gasteiger partial charge in [-0.2, -0.15) is 0 Å². The number of nitrogens with zero attached hydrogens (tertiary/aromatic N) is 1. The molecule has 1 spiro atoms. The van der Waals surface area contributed by atoms with Crippen molar-refractivity contribution in [2.45, 2.75) is 48.8 Å². The summed E-state index contributed by atoms with van der Waals surface area (Å²) in [5.74, 6) is 1.49. The van der Waals surface area contributed by atoms with Crippen molar-refractivity contribution in [1.82, 2.24) is 0 Å². The molecule has 128 valence electrons. The number of likely N-dealkylation sites (N-methyl/N-ethyl adjacent to an activating group) is 1. The zero-order chi connectivity index (χ0) is 16.9. The molecule has 1 saturated carbocycles. The molecule has 0 radical (unpaired) electrons. The third-order valence-electron chi connectivity index (χ3n) is 7.27. The summed E-state index contributed by atoms with van der Waals surface area (Å²) in [5.41, 5.74) is 0.776. The summed E-state index contributed by atoms with van der Waals surface area (Å²) in [4.78, 5) is 12.7. The van der Waals surface area contributed by atoms with Gasteiger partial charge in [0.05, 0.1) is 33.2 Å². The van der Waals surface area contributed by atoms with E-state index in [9.17, 15) is 9.90 Å². The van der Waals surface area contributed by atoms with Gasteiger partial charge in [0.1, 0.15) is 11.6 Å². The van der Waals surface area contributed by atoms with E-state index in [1.165, 1.54) is 5.56 Å². The second kappa shape index (κ2) is 4.14. The molecule has 2 aliphatic heterocycles. The van der Waals surface area contributed by atoms with Crippen LogP contribution in [-0.4, -0.2) is 60.9 Å². The van der Waals surface area contributed by atoms with Crippen molar-refractivity contribution in [3.8, 4) is 11.5 Å². The number of Topliss-reactive ketones (excluding diaryl/α,β-unsaturated/α-hetero) is 1. The average molecular weight is 330 g/mol. The van der Waals surface area contributed by atoms with Crippen molar-refractivity contribution in [2.75, 3.05) is 27.7 Å². The molecule has 1 N–H and O–H groups in total. The highest BCUT2D eigenvalue weighted by Crippen LogP contribution is 2.65. The van der Waals surface area contributed by atoms with Gasteiger partial charge in [0.2, 0.25) is 0 Å². The first-order chi connectivity index (χ1) is 11.3. The van der Waals surface area contributed by atoms with Gasteiger partial charge in [0.25, 0.3) is 0 Å². The molecule has 2 heterocycles. The Morgan fingerprint density at radius 1 is 1.33 bits per heavy atom. The molecular weight excluding hydrogens is 306 g/mol. The minimum Gasteiger partial charge on any atom is -0.493 e. The van der Waals surface area contributed by atoms with E-state index >= 15 is 0 Å². The van der Waals surface area contributed by atoms with Crippen LogP contribution in [0.4, 0.5) is 0 Å². The Labute approximate surface area is 141 Å². The van der Waals surface area contributed by atoms with Crippen molar-refractivity contribution in [3.63, 3.8) is 0 Å². The number of hydrogen-bond acceptors (Lipinski definition) is 4. The molecule has 0 aromatic heterocycles. The molecule has 5 heteroatoms. The van der Waals surface area contributed by atoms with E-state index in [4.69, 9.17) is 9.47 Å². The highest BCUT2D eigenvalue weighted by molar-refractivity contribution is 5.90. The van der Waals surface area contributed by atoms with Crippen molar-refractivity contribution in [3.05, 3.63) is 23.3 Å². The monoisotopic (exact) mass is 330 g/mol. The van der Waals surface area contributed by atoms with Crippen LogP contribution in [0.25, 0.3) is 0 Å². The molecule has 4 aliphatic rings. The van der Waals surface area contributed by atoms with Gasteiger partial charge in [-0.1, -0.05) is 6.07 Å². The number of quaternary nitrogens is 1. The Kier molecular flexibility index (Phi) is 2.54. The van der Waals surface area contributed by atoms with E-state index in [0.717, 1.165) is 29.4 Å². The number of hydrogen-bond donors (Lipinski definition) is 1. The summed E-state index contributed by atoms with van der Waals surface area (Å²) in [5, 5.41) is 11.9. The smallest absolute Gasteiger partial charge is 0.174 e. The van der Waals surface area contributed by atoms with Crippen LogP contribution in [0.3, 0.4) is 0 Å². The van der Waals surface area contributed by atoms with Gasteiger partial charge < -0.3 is 19.1 Å². The quantitative estimate of drug-likeness (QED) is 0.786. The van der Waals surface area contributed by atoms with E-state index in [2.05, 4.69) is 20.2 Å². The molecule has 0 amide bonds. The standard InChI is InChI=1S/C19H24NO4/c1-20(2)9-8-18-15-11-4-5-13(23-3)16(15)24-17(18)12(21)6-7-19(18,22)14(20)10-11/h4-5,14,17,22H,6-10H2,1-3H3/q+1/t14-,17+,18+,19-/m1/s1. The summed E-state index contributed by atoms with van der Waals surface area (Å²) in [6.45, 7) is 0.941. The van der Waals surface area contributed by atoms with Crippen molar-refractivity contribution < 1.29 is 23.9 Å². The van der Waals surface area contributed by atoms with Crippen LogP contribution in [-0.2, 0) is 16.6 Å². The molecule has 5 rings (SSSR count). The van der Waals surface area contributed by atoms with Gasteiger partial charge in [-0.15, -0.1) is 0 Å². The number of carbonyl (C=O) groups excluding carboxylic acids is 1. The number of piperidine rings is 1. The van der Waals surface area contributed by atoms with E-state index in [0.29, 0.717) is 24.3 Å². The molecule has 1 aromatic carbocycles. The second-order valence-corrected chi connectivity index (χ2v) is 8.46. The summed E-state index contributed by atoms with van der Waals surface area (Å²) in [6, 6.07) is 4.13. The third kappa shape index (κ3) is 1.35. The van der Waals surface area contributed by atoms with Crippen LogP contribution in [0.5, 0.6) is 11.5 Å². The van der Waals surface area contributed by atoms with Crippen LogP contribution in [0.2, 0.25) is 0 Å². The number of methoxy groups -OCH3 is 1. The molecule has 1 aromatic rings. The maximum absolute atomic E-state index is 12.7.